The first kappa shape index (κ1) is 13.3. The molecule has 0 aliphatic rings. The third-order valence-corrected chi connectivity index (χ3v) is 3.63. The second-order valence-electron chi connectivity index (χ2n) is 4.29. The van der Waals surface area contributed by atoms with Crippen LogP contribution in [0.2, 0.25) is 0 Å². The summed E-state index contributed by atoms with van der Waals surface area (Å²) in [5, 5.41) is 3.12. The van der Waals surface area contributed by atoms with Crippen LogP contribution in [0.25, 0.3) is 11.3 Å². The highest BCUT2D eigenvalue weighted by Crippen LogP contribution is 2.31. The van der Waals surface area contributed by atoms with Crippen molar-refractivity contribution in [1.29, 1.82) is 0 Å². The van der Waals surface area contributed by atoms with Gasteiger partial charge in [-0.1, -0.05) is 0 Å². The molecule has 96 valence electrons. The van der Waals surface area contributed by atoms with Crippen molar-refractivity contribution in [1.82, 2.24) is 5.32 Å². The standard InChI is InChI=1S/C14H15BrFNO/c1-8-6-12(16)11(15)7-10(8)14-5-4-13(18-14)9(2)17-3/h4-7,9,17H,1-3H3. The summed E-state index contributed by atoms with van der Waals surface area (Å²) in [6, 6.07) is 7.26. The van der Waals surface area contributed by atoms with Crippen LogP contribution < -0.4 is 5.32 Å². The summed E-state index contributed by atoms with van der Waals surface area (Å²) >= 11 is 3.20. The van der Waals surface area contributed by atoms with Crippen molar-refractivity contribution in [2.75, 3.05) is 7.05 Å². The first-order valence-electron chi connectivity index (χ1n) is 5.76. The van der Waals surface area contributed by atoms with E-state index in [1.807, 2.05) is 33.0 Å². The zero-order chi connectivity index (χ0) is 13.3. The number of hydrogen-bond donors (Lipinski definition) is 1. The van der Waals surface area contributed by atoms with Crippen LogP contribution in [0, 0.1) is 12.7 Å². The van der Waals surface area contributed by atoms with Crippen LogP contribution in [0.3, 0.4) is 0 Å². The molecule has 0 aliphatic carbocycles. The van der Waals surface area contributed by atoms with E-state index in [1.165, 1.54) is 6.07 Å². The van der Waals surface area contributed by atoms with Crippen molar-refractivity contribution in [3.63, 3.8) is 0 Å². The van der Waals surface area contributed by atoms with Crippen LogP contribution in [0.1, 0.15) is 24.3 Å². The third kappa shape index (κ3) is 2.49. The van der Waals surface area contributed by atoms with Gasteiger partial charge in [-0.05, 0) is 66.7 Å². The van der Waals surface area contributed by atoms with Crippen molar-refractivity contribution in [2.24, 2.45) is 0 Å². The van der Waals surface area contributed by atoms with Gasteiger partial charge in [0.2, 0.25) is 0 Å². The largest absolute Gasteiger partial charge is 0.459 e. The highest BCUT2D eigenvalue weighted by molar-refractivity contribution is 9.10. The van der Waals surface area contributed by atoms with Gasteiger partial charge >= 0.3 is 0 Å². The lowest BCUT2D eigenvalue weighted by Crippen LogP contribution is -2.11. The van der Waals surface area contributed by atoms with Gasteiger partial charge in [0.1, 0.15) is 17.3 Å². The van der Waals surface area contributed by atoms with Crippen molar-refractivity contribution < 1.29 is 8.81 Å². The lowest BCUT2D eigenvalue weighted by atomic mass is 10.1. The number of halogens is 2. The first-order chi connectivity index (χ1) is 8.52. The fraction of sp³-hybridized carbons (Fsp3) is 0.286. The van der Waals surface area contributed by atoms with Gasteiger partial charge < -0.3 is 9.73 Å². The van der Waals surface area contributed by atoms with Gasteiger partial charge in [-0.2, -0.15) is 0 Å². The van der Waals surface area contributed by atoms with Gasteiger partial charge in [-0.3, -0.25) is 0 Å². The fourth-order valence-corrected chi connectivity index (χ4v) is 2.13. The van der Waals surface area contributed by atoms with E-state index in [1.54, 1.807) is 6.07 Å². The molecular weight excluding hydrogens is 297 g/mol. The van der Waals surface area contributed by atoms with E-state index in [-0.39, 0.29) is 11.9 Å². The summed E-state index contributed by atoms with van der Waals surface area (Å²) in [5.41, 5.74) is 1.76. The summed E-state index contributed by atoms with van der Waals surface area (Å²) in [6.45, 7) is 3.89. The molecule has 1 aromatic carbocycles. The normalized spacial score (nSPS) is 12.7. The molecule has 0 amide bonds. The van der Waals surface area contributed by atoms with Gasteiger partial charge in [0.25, 0.3) is 0 Å². The quantitative estimate of drug-likeness (QED) is 0.906. The zero-order valence-corrected chi connectivity index (χ0v) is 12.1. The Kier molecular flexibility index (Phi) is 3.88. The predicted molar refractivity (Wildman–Crippen MR) is 74.0 cm³/mol. The molecule has 0 saturated heterocycles. The molecule has 0 bridgehead atoms. The van der Waals surface area contributed by atoms with Crippen LogP contribution >= 0.6 is 15.9 Å². The maximum atomic E-state index is 13.4. The minimum absolute atomic E-state index is 0.156. The van der Waals surface area contributed by atoms with E-state index in [0.717, 1.165) is 22.6 Å². The molecule has 0 radical (unpaired) electrons. The van der Waals surface area contributed by atoms with Crippen LogP contribution in [-0.2, 0) is 0 Å². The molecule has 0 spiro atoms. The number of aryl methyl sites for hydroxylation is 1. The second-order valence-corrected chi connectivity index (χ2v) is 5.15. The van der Waals surface area contributed by atoms with Crippen LogP contribution in [0.15, 0.2) is 33.2 Å². The average molecular weight is 312 g/mol. The molecule has 18 heavy (non-hydrogen) atoms. The molecule has 2 nitrogen and oxygen atoms in total. The molecule has 0 aliphatic heterocycles. The van der Waals surface area contributed by atoms with Gasteiger partial charge in [0.15, 0.2) is 0 Å². The molecule has 1 atom stereocenters. The molecule has 1 heterocycles. The third-order valence-electron chi connectivity index (χ3n) is 3.02. The molecule has 2 aromatic rings. The predicted octanol–water partition coefficient (Wildman–Crippen LogP) is 4.44. The van der Waals surface area contributed by atoms with E-state index in [9.17, 15) is 4.39 Å². The Morgan fingerprint density at radius 1 is 1.33 bits per heavy atom. The number of hydrogen-bond acceptors (Lipinski definition) is 2. The Labute approximate surface area is 114 Å². The van der Waals surface area contributed by atoms with Crippen molar-refractivity contribution in [2.45, 2.75) is 19.9 Å². The summed E-state index contributed by atoms with van der Waals surface area (Å²) in [5.74, 6) is 1.37. The second kappa shape index (κ2) is 5.24. The molecule has 0 fully saturated rings. The summed E-state index contributed by atoms with van der Waals surface area (Å²) < 4.78 is 19.6. The van der Waals surface area contributed by atoms with Gasteiger partial charge in [0, 0.05) is 5.56 Å². The first-order valence-corrected chi connectivity index (χ1v) is 6.55. The van der Waals surface area contributed by atoms with E-state index >= 15 is 0 Å². The van der Waals surface area contributed by atoms with Crippen LogP contribution in [0.4, 0.5) is 4.39 Å². The van der Waals surface area contributed by atoms with Crippen molar-refractivity contribution in [3.8, 4) is 11.3 Å². The topological polar surface area (TPSA) is 25.2 Å². The minimum Gasteiger partial charge on any atom is -0.459 e. The van der Waals surface area contributed by atoms with Gasteiger partial charge in [0.05, 0.1) is 10.5 Å². The fourth-order valence-electron chi connectivity index (χ4n) is 1.78. The van der Waals surface area contributed by atoms with Gasteiger partial charge in [-0.15, -0.1) is 0 Å². The highest BCUT2D eigenvalue weighted by Gasteiger charge is 2.13. The van der Waals surface area contributed by atoms with Crippen molar-refractivity contribution in [3.05, 3.63) is 45.9 Å². The zero-order valence-electron chi connectivity index (χ0n) is 10.6. The lowest BCUT2D eigenvalue weighted by molar-refractivity contribution is 0.458. The smallest absolute Gasteiger partial charge is 0.137 e. The molecule has 4 heteroatoms. The number of rotatable bonds is 3. The monoisotopic (exact) mass is 311 g/mol. The molecule has 1 unspecified atom stereocenters. The Hall–Kier alpha value is -1.13. The average Bonchev–Trinajstić information content (AvgIpc) is 2.82. The SMILES string of the molecule is CNC(C)c1ccc(-c2cc(Br)c(F)cc2C)o1. The minimum atomic E-state index is -0.258. The summed E-state index contributed by atoms with van der Waals surface area (Å²) in [7, 11) is 1.88. The number of furan rings is 1. The summed E-state index contributed by atoms with van der Waals surface area (Å²) in [6.07, 6.45) is 0. The Bertz CT molecular complexity index is 565. The van der Waals surface area contributed by atoms with Gasteiger partial charge in [-0.25, -0.2) is 4.39 Å². The number of benzene rings is 1. The molecule has 1 aromatic heterocycles. The molecule has 1 N–H and O–H groups in total. The summed E-state index contributed by atoms with van der Waals surface area (Å²) in [4.78, 5) is 0. The highest BCUT2D eigenvalue weighted by atomic mass is 79.9. The van der Waals surface area contributed by atoms with E-state index in [0.29, 0.717) is 4.47 Å². The molecule has 2 rings (SSSR count). The van der Waals surface area contributed by atoms with E-state index < -0.39 is 0 Å². The van der Waals surface area contributed by atoms with Crippen molar-refractivity contribution >= 4 is 15.9 Å². The Morgan fingerprint density at radius 3 is 2.72 bits per heavy atom. The van der Waals surface area contributed by atoms with E-state index in [4.69, 9.17) is 4.42 Å². The molecular formula is C14H15BrFNO. The number of nitrogens with one attached hydrogen (secondary N) is 1. The Balaban J connectivity index is 2.43. The lowest BCUT2D eigenvalue weighted by Gasteiger charge is -2.07. The van der Waals surface area contributed by atoms with Crippen LogP contribution in [0.5, 0.6) is 0 Å². The maximum absolute atomic E-state index is 13.4. The molecule has 0 saturated carbocycles. The van der Waals surface area contributed by atoms with E-state index in [2.05, 4.69) is 21.2 Å². The van der Waals surface area contributed by atoms with Crippen LogP contribution in [-0.4, -0.2) is 7.05 Å². The Morgan fingerprint density at radius 2 is 2.06 bits per heavy atom. The maximum Gasteiger partial charge on any atom is 0.137 e.